The molecule has 0 bridgehead atoms. The molecule has 0 aliphatic heterocycles. The maximum atomic E-state index is 12.2. The van der Waals surface area contributed by atoms with Crippen LogP contribution in [0.25, 0.3) is 5.65 Å². The first-order chi connectivity index (χ1) is 13.5. The number of nitrogens with one attached hydrogen (secondary N) is 1. The van der Waals surface area contributed by atoms with Crippen LogP contribution in [0, 0.1) is 6.92 Å². The summed E-state index contributed by atoms with van der Waals surface area (Å²) in [6.07, 6.45) is 1.74. The van der Waals surface area contributed by atoms with Gasteiger partial charge >= 0.3 is 5.97 Å². The van der Waals surface area contributed by atoms with E-state index in [1.807, 2.05) is 13.0 Å². The molecular formula is C20H19N3O4S. The number of hydrogen-bond acceptors (Lipinski definition) is 6. The molecular weight excluding hydrogens is 378 g/mol. The number of ether oxygens (including phenoxy) is 1. The van der Waals surface area contributed by atoms with Crippen molar-refractivity contribution in [1.82, 2.24) is 9.38 Å². The molecule has 7 nitrogen and oxygen atoms in total. The summed E-state index contributed by atoms with van der Waals surface area (Å²) in [4.78, 5) is 40.6. The number of anilines is 1. The lowest BCUT2D eigenvalue weighted by atomic mass is 10.2. The average Bonchev–Trinajstić information content (AvgIpc) is 2.68. The van der Waals surface area contributed by atoms with E-state index in [1.54, 1.807) is 36.5 Å². The number of carbonyl (C=O) groups is 2. The lowest BCUT2D eigenvalue weighted by Crippen LogP contribution is -2.18. The first kappa shape index (κ1) is 19.6. The predicted octanol–water partition coefficient (Wildman–Crippen LogP) is 2.66. The third kappa shape index (κ3) is 4.58. The van der Waals surface area contributed by atoms with Crippen LogP contribution < -0.4 is 10.9 Å². The number of hydrogen-bond donors (Lipinski definition) is 1. The molecule has 0 aliphatic carbocycles. The van der Waals surface area contributed by atoms with Gasteiger partial charge in [-0.3, -0.25) is 14.0 Å². The Morgan fingerprint density at radius 2 is 2.00 bits per heavy atom. The number of aromatic nitrogens is 2. The standard InChI is InChI=1S/C20H19N3O4S/c1-13-7-8-17-21-14(9-19(25)23(17)10-13)11-28-12-18(24)22-16-6-4-3-5-15(16)20(26)27-2/h3-10H,11-12H2,1-2H3,(H,22,24). The largest absolute Gasteiger partial charge is 0.465 e. The number of aryl methyl sites for hydroxylation is 1. The van der Waals surface area contributed by atoms with Crippen LogP contribution in [0.2, 0.25) is 0 Å². The number of thioether (sulfide) groups is 1. The highest BCUT2D eigenvalue weighted by molar-refractivity contribution is 7.99. The van der Waals surface area contributed by atoms with E-state index in [2.05, 4.69) is 10.3 Å². The highest BCUT2D eigenvalue weighted by Crippen LogP contribution is 2.17. The molecule has 0 saturated carbocycles. The van der Waals surface area contributed by atoms with Gasteiger partial charge in [0.25, 0.3) is 5.56 Å². The summed E-state index contributed by atoms with van der Waals surface area (Å²) >= 11 is 1.34. The predicted molar refractivity (Wildman–Crippen MR) is 109 cm³/mol. The summed E-state index contributed by atoms with van der Waals surface area (Å²) in [5.41, 5.74) is 2.70. The van der Waals surface area contributed by atoms with E-state index < -0.39 is 5.97 Å². The van der Waals surface area contributed by atoms with Crippen molar-refractivity contribution in [2.24, 2.45) is 0 Å². The second-order valence-electron chi connectivity index (χ2n) is 6.10. The van der Waals surface area contributed by atoms with Gasteiger partial charge < -0.3 is 10.1 Å². The topological polar surface area (TPSA) is 89.8 Å². The minimum atomic E-state index is -0.514. The molecule has 28 heavy (non-hydrogen) atoms. The monoisotopic (exact) mass is 397 g/mol. The second kappa shape index (κ2) is 8.71. The molecule has 1 N–H and O–H groups in total. The Morgan fingerprint density at radius 3 is 2.79 bits per heavy atom. The fourth-order valence-corrected chi connectivity index (χ4v) is 3.36. The van der Waals surface area contributed by atoms with E-state index in [9.17, 15) is 14.4 Å². The van der Waals surface area contributed by atoms with Crippen LogP contribution in [0.1, 0.15) is 21.6 Å². The minimum absolute atomic E-state index is 0.152. The maximum Gasteiger partial charge on any atom is 0.339 e. The van der Waals surface area contributed by atoms with Crippen LogP contribution in [0.15, 0.2) is 53.5 Å². The smallest absolute Gasteiger partial charge is 0.339 e. The van der Waals surface area contributed by atoms with E-state index in [4.69, 9.17) is 4.74 Å². The molecule has 2 heterocycles. The Kier molecular flexibility index (Phi) is 6.10. The highest BCUT2D eigenvalue weighted by atomic mass is 32.2. The zero-order chi connectivity index (χ0) is 20.1. The summed E-state index contributed by atoms with van der Waals surface area (Å²) in [7, 11) is 1.29. The number of benzene rings is 1. The number of pyridine rings is 1. The zero-order valence-electron chi connectivity index (χ0n) is 15.5. The summed E-state index contributed by atoms with van der Waals surface area (Å²) < 4.78 is 6.22. The lowest BCUT2D eigenvalue weighted by molar-refractivity contribution is -0.113. The number of amides is 1. The molecule has 8 heteroatoms. The van der Waals surface area contributed by atoms with Crippen LogP contribution in [0.4, 0.5) is 5.69 Å². The minimum Gasteiger partial charge on any atom is -0.465 e. The van der Waals surface area contributed by atoms with Gasteiger partial charge in [0.2, 0.25) is 5.91 Å². The first-order valence-corrected chi connectivity index (χ1v) is 9.67. The Labute approximate surface area is 165 Å². The van der Waals surface area contributed by atoms with Crippen molar-refractivity contribution in [3.63, 3.8) is 0 Å². The van der Waals surface area contributed by atoms with Crippen molar-refractivity contribution in [1.29, 1.82) is 0 Å². The molecule has 3 rings (SSSR count). The fraction of sp³-hybridized carbons (Fsp3) is 0.200. The lowest BCUT2D eigenvalue weighted by Gasteiger charge is -2.09. The average molecular weight is 397 g/mol. The second-order valence-corrected chi connectivity index (χ2v) is 7.08. The Balaban J connectivity index is 1.62. The number of para-hydroxylation sites is 1. The van der Waals surface area contributed by atoms with E-state index in [0.29, 0.717) is 28.3 Å². The van der Waals surface area contributed by atoms with Gasteiger partial charge in [-0.25, -0.2) is 9.78 Å². The molecule has 0 unspecified atom stereocenters. The van der Waals surface area contributed by atoms with E-state index in [0.717, 1.165) is 5.56 Å². The van der Waals surface area contributed by atoms with Crippen molar-refractivity contribution < 1.29 is 14.3 Å². The molecule has 0 spiro atoms. The quantitative estimate of drug-likeness (QED) is 0.643. The number of carbonyl (C=O) groups excluding carboxylic acids is 2. The van der Waals surface area contributed by atoms with Crippen molar-refractivity contribution in [3.8, 4) is 0 Å². The van der Waals surface area contributed by atoms with Crippen molar-refractivity contribution in [3.05, 3.63) is 75.8 Å². The first-order valence-electron chi connectivity index (χ1n) is 8.52. The zero-order valence-corrected chi connectivity index (χ0v) is 16.3. The van der Waals surface area contributed by atoms with Crippen molar-refractivity contribution in [2.45, 2.75) is 12.7 Å². The van der Waals surface area contributed by atoms with Gasteiger partial charge in [-0.1, -0.05) is 18.2 Å². The number of esters is 1. The SMILES string of the molecule is COC(=O)c1ccccc1NC(=O)CSCc1cc(=O)n2cc(C)ccc2n1. The summed E-state index contributed by atoms with van der Waals surface area (Å²) in [6.45, 7) is 1.91. The summed E-state index contributed by atoms with van der Waals surface area (Å²) in [6, 6.07) is 11.8. The fourth-order valence-electron chi connectivity index (χ4n) is 2.65. The molecule has 3 aromatic rings. The van der Waals surface area contributed by atoms with Gasteiger partial charge in [-0.15, -0.1) is 11.8 Å². The van der Waals surface area contributed by atoms with Crippen LogP contribution >= 0.6 is 11.8 Å². The van der Waals surface area contributed by atoms with Gasteiger partial charge in [0.15, 0.2) is 0 Å². The molecule has 1 aromatic carbocycles. The molecule has 0 saturated heterocycles. The van der Waals surface area contributed by atoms with Crippen LogP contribution in [-0.2, 0) is 15.3 Å². The number of fused-ring (bicyclic) bond motifs is 1. The van der Waals surface area contributed by atoms with Gasteiger partial charge in [0.1, 0.15) is 5.65 Å². The summed E-state index contributed by atoms with van der Waals surface area (Å²) in [5.74, 6) is -0.190. The van der Waals surface area contributed by atoms with Gasteiger partial charge in [-0.05, 0) is 30.7 Å². The number of rotatable bonds is 6. The third-order valence-electron chi connectivity index (χ3n) is 3.95. The molecule has 0 aliphatic rings. The van der Waals surface area contributed by atoms with Gasteiger partial charge in [0, 0.05) is 18.0 Å². The Morgan fingerprint density at radius 1 is 1.21 bits per heavy atom. The van der Waals surface area contributed by atoms with Crippen molar-refractivity contribution >= 4 is 35.0 Å². The molecule has 0 fully saturated rings. The number of nitrogens with zero attached hydrogens (tertiary/aromatic N) is 2. The summed E-state index contributed by atoms with van der Waals surface area (Å²) in [5, 5.41) is 2.71. The molecule has 2 aromatic heterocycles. The van der Waals surface area contributed by atoms with E-state index >= 15 is 0 Å². The molecule has 0 atom stereocenters. The van der Waals surface area contributed by atoms with Gasteiger partial charge in [-0.2, -0.15) is 0 Å². The normalized spacial score (nSPS) is 10.6. The van der Waals surface area contributed by atoms with Crippen LogP contribution in [0.5, 0.6) is 0 Å². The van der Waals surface area contributed by atoms with Crippen LogP contribution in [-0.4, -0.2) is 34.1 Å². The Bertz CT molecular complexity index is 1090. The highest BCUT2D eigenvalue weighted by Gasteiger charge is 2.13. The van der Waals surface area contributed by atoms with Crippen molar-refractivity contribution in [2.75, 3.05) is 18.2 Å². The number of methoxy groups -OCH3 is 1. The third-order valence-corrected chi connectivity index (χ3v) is 4.92. The van der Waals surface area contributed by atoms with E-state index in [-0.39, 0.29) is 17.2 Å². The molecule has 144 valence electrons. The van der Waals surface area contributed by atoms with Crippen LogP contribution in [0.3, 0.4) is 0 Å². The maximum absolute atomic E-state index is 12.2. The molecule has 0 radical (unpaired) electrons. The van der Waals surface area contributed by atoms with Gasteiger partial charge in [0.05, 0.1) is 29.8 Å². The molecule has 1 amide bonds. The Hall–Kier alpha value is -3.13. The van der Waals surface area contributed by atoms with E-state index in [1.165, 1.54) is 29.3 Å².